The zero-order valence-electron chi connectivity index (χ0n) is 11.5. The second-order valence-corrected chi connectivity index (χ2v) is 5.07. The number of nitrogens with one attached hydrogen (secondary N) is 2. The third-order valence-corrected chi connectivity index (χ3v) is 3.39. The van der Waals surface area contributed by atoms with Crippen molar-refractivity contribution in [3.63, 3.8) is 0 Å². The predicted molar refractivity (Wildman–Crippen MR) is 72.3 cm³/mol. The first-order valence-electron chi connectivity index (χ1n) is 6.65. The molecule has 2 aromatic heterocycles. The van der Waals surface area contributed by atoms with E-state index in [1.54, 1.807) is 17.7 Å². The van der Waals surface area contributed by atoms with E-state index in [1.165, 1.54) is 0 Å². The summed E-state index contributed by atoms with van der Waals surface area (Å²) in [5.41, 5.74) is 2.17. The van der Waals surface area contributed by atoms with Crippen LogP contribution in [0.3, 0.4) is 0 Å². The largest absolute Gasteiger partial charge is 0.360 e. The topological polar surface area (TPSA) is 85.0 Å². The molecular formula is C13H17N5O2. The van der Waals surface area contributed by atoms with Crippen molar-refractivity contribution in [2.24, 2.45) is 7.05 Å². The average Bonchev–Trinajstić information content (AvgIpc) is 2.95. The number of rotatable bonds is 2. The van der Waals surface area contributed by atoms with Crippen molar-refractivity contribution in [3.8, 4) is 0 Å². The van der Waals surface area contributed by atoms with E-state index in [9.17, 15) is 4.79 Å². The van der Waals surface area contributed by atoms with Crippen LogP contribution in [-0.4, -0.2) is 21.0 Å². The van der Waals surface area contributed by atoms with Crippen LogP contribution in [0.4, 0.5) is 10.6 Å². The predicted octanol–water partition coefficient (Wildman–Crippen LogP) is 1.92. The maximum atomic E-state index is 12.0. The molecule has 2 aromatic rings. The summed E-state index contributed by atoms with van der Waals surface area (Å²) in [5, 5.41) is 13.8. The Hall–Kier alpha value is -2.31. The third kappa shape index (κ3) is 2.52. The van der Waals surface area contributed by atoms with Crippen LogP contribution in [0, 0.1) is 6.92 Å². The molecular weight excluding hydrogens is 258 g/mol. The Labute approximate surface area is 116 Å². The van der Waals surface area contributed by atoms with Gasteiger partial charge in [-0.2, -0.15) is 5.10 Å². The highest BCUT2D eigenvalue weighted by Gasteiger charge is 2.24. The van der Waals surface area contributed by atoms with Crippen LogP contribution < -0.4 is 10.6 Å². The zero-order valence-corrected chi connectivity index (χ0v) is 11.5. The van der Waals surface area contributed by atoms with Crippen molar-refractivity contribution in [2.45, 2.75) is 32.2 Å². The SMILES string of the molecule is Cc1cc(NC(=O)NC2CCCc3nn(C)cc32)no1. The summed E-state index contributed by atoms with van der Waals surface area (Å²) in [5.74, 6) is 1.08. The van der Waals surface area contributed by atoms with Crippen LogP contribution in [0.15, 0.2) is 16.8 Å². The number of carbonyl (C=O) groups is 1. The van der Waals surface area contributed by atoms with Gasteiger partial charge in [0.1, 0.15) is 5.76 Å². The van der Waals surface area contributed by atoms with Gasteiger partial charge in [0, 0.05) is 24.9 Å². The zero-order chi connectivity index (χ0) is 14.1. The van der Waals surface area contributed by atoms with Gasteiger partial charge < -0.3 is 9.84 Å². The highest BCUT2D eigenvalue weighted by molar-refractivity contribution is 5.88. The first kappa shape index (κ1) is 12.7. The molecule has 0 saturated heterocycles. The standard InChI is InChI=1S/C13H17N5O2/c1-8-6-12(17-20-8)15-13(19)14-10-4-3-5-11-9(10)7-18(2)16-11/h6-7,10H,3-5H2,1-2H3,(H2,14,15,17,19). The van der Waals surface area contributed by atoms with Gasteiger partial charge in [-0.25, -0.2) is 4.79 Å². The molecule has 1 aliphatic carbocycles. The number of nitrogens with zero attached hydrogens (tertiary/aromatic N) is 3. The van der Waals surface area contributed by atoms with E-state index in [0.29, 0.717) is 11.6 Å². The second-order valence-electron chi connectivity index (χ2n) is 5.07. The van der Waals surface area contributed by atoms with E-state index in [4.69, 9.17) is 4.52 Å². The molecule has 106 valence electrons. The molecule has 2 heterocycles. The molecule has 0 saturated carbocycles. The molecule has 0 aromatic carbocycles. The minimum absolute atomic E-state index is 0.000415. The summed E-state index contributed by atoms with van der Waals surface area (Å²) < 4.78 is 6.70. The number of carbonyl (C=O) groups excluding carboxylic acids is 1. The smallest absolute Gasteiger partial charge is 0.320 e. The quantitative estimate of drug-likeness (QED) is 0.876. The van der Waals surface area contributed by atoms with E-state index >= 15 is 0 Å². The summed E-state index contributed by atoms with van der Waals surface area (Å²) in [6.45, 7) is 1.78. The maximum absolute atomic E-state index is 12.0. The maximum Gasteiger partial charge on any atom is 0.320 e. The second kappa shape index (κ2) is 4.99. The van der Waals surface area contributed by atoms with Gasteiger partial charge in [0.05, 0.1) is 11.7 Å². The van der Waals surface area contributed by atoms with Crippen molar-refractivity contribution in [1.82, 2.24) is 20.3 Å². The van der Waals surface area contributed by atoms with Crippen LogP contribution in [0.5, 0.6) is 0 Å². The molecule has 3 rings (SSSR count). The number of hydrogen-bond donors (Lipinski definition) is 2. The van der Waals surface area contributed by atoms with Crippen LogP contribution in [0.1, 0.15) is 35.9 Å². The van der Waals surface area contributed by atoms with Gasteiger partial charge >= 0.3 is 6.03 Å². The van der Waals surface area contributed by atoms with Crippen LogP contribution in [-0.2, 0) is 13.5 Å². The average molecular weight is 275 g/mol. The number of fused-ring (bicyclic) bond motifs is 1. The van der Waals surface area contributed by atoms with Crippen LogP contribution >= 0.6 is 0 Å². The molecule has 2 N–H and O–H groups in total. The molecule has 0 radical (unpaired) electrons. The monoisotopic (exact) mass is 275 g/mol. The number of aryl methyl sites for hydroxylation is 3. The molecule has 0 bridgehead atoms. The Morgan fingerprint density at radius 1 is 1.55 bits per heavy atom. The fourth-order valence-electron chi connectivity index (χ4n) is 2.55. The summed E-state index contributed by atoms with van der Waals surface area (Å²) in [7, 11) is 1.90. The Morgan fingerprint density at radius 3 is 3.15 bits per heavy atom. The van der Waals surface area contributed by atoms with Crippen LogP contribution in [0.25, 0.3) is 0 Å². The molecule has 0 spiro atoms. The first-order valence-corrected chi connectivity index (χ1v) is 6.65. The minimum atomic E-state index is -0.278. The van der Waals surface area contributed by atoms with Crippen molar-refractivity contribution >= 4 is 11.8 Å². The molecule has 7 nitrogen and oxygen atoms in total. The molecule has 7 heteroatoms. The van der Waals surface area contributed by atoms with E-state index < -0.39 is 0 Å². The molecule has 2 amide bonds. The molecule has 1 aliphatic rings. The van der Waals surface area contributed by atoms with E-state index in [2.05, 4.69) is 20.9 Å². The van der Waals surface area contributed by atoms with Gasteiger partial charge in [-0.3, -0.25) is 10.00 Å². The number of aromatic nitrogens is 3. The summed E-state index contributed by atoms with van der Waals surface area (Å²) in [6, 6.07) is 1.40. The van der Waals surface area contributed by atoms with Crippen molar-refractivity contribution in [1.29, 1.82) is 0 Å². The highest BCUT2D eigenvalue weighted by atomic mass is 16.5. The first-order chi connectivity index (χ1) is 9.61. The Bertz CT molecular complexity index is 630. The number of hydrogen-bond acceptors (Lipinski definition) is 4. The molecule has 20 heavy (non-hydrogen) atoms. The van der Waals surface area contributed by atoms with Gasteiger partial charge in [-0.15, -0.1) is 0 Å². The summed E-state index contributed by atoms with van der Waals surface area (Å²) >= 11 is 0. The van der Waals surface area contributed by atoms with Crippen molar-refractivity contribution in [3.05, 3.63) is 29.3 Å². The summed E-state index contributed by atoms with van der Waals surface area (Å²) in [6.07, 6.45) is 4.89. The molecule has 1 atom stereocenters. The third-order valence-electron chi connectivity index (χ3n) is 3.39. The van der Waals surface area contributed by atoms with E-state index in [-0.39, 0.29) is 12.1 Å². The fraction of sp³-hybridized carbons (Fsp3) is 0.462. The lowest BCUT2D eigenvalue weighted by atomic mass is 9.93. The Balaban J connectivity index is 1.67. The van der Waals surface area contributed by atoms with Gasteiger partial charge in [0.15, 0.2) is 5.82 Å². The van der Waals surface area contributed by atoms with Crippen LogP contribution in [0.2, 0.25) is 0 Å². The van der Waals surface area contributed by atoms with Crippen molar-refractivity contribution in [2.75, 3.05) is 5.32 Å². The van der Waals surface area contributed by atoms with Crippen molar-refractivity contribution < 1.29 is 9.32 Å². The van der Waals surface area contributed by atoms with Gasteiger partial charge in [0.2, 0.25) is 0 Å². The fourth-order valence-corrected chi connectivity index (χ4v) is 2.55. The Kier molecular flexibility index (Phi) is 3.17. The lowest BCUT2D eigenvalue weighted by Crippen LogP contribution is -2.34. The number of urea groups is 1. The van der Waals surface area contributed by atoms with Gasteiger partial charge in [0.25, 0.3) is 0 Å². The lowest BCUT2D eigenvalue weighted by molar-refractivity contribution is 0.247. The molecule has 0 aliphatic heterocycles. The molecule has 1 unspecified atom stereocenters. The summed E-state index contributed by atoms with van der Waals surface area (Å²) in [4.78, 5) is 12.0. The van der Waals surface area contributed by atoms with Gasteiger partial charge in [-0.1, -0.05) is 5.16 Å². The minimum Gasteiger partial charge on any atom is -0.360 e. The number of anilines is 1. The highest BCUT2D eigenvalue weighted by Crippen LogP contribution is 2.28. The normalized spacial score (nSPS) is 17.6. The van der Waals surface area contributed by atoms with E-state index in [1.807, 2.05) is 13.2 Å². The number of amides is 2. The molecule has 0 fully saturated rings. The van der Waals surface area contributed by atoms with E-state index in [0.717, 1.165) is 30.5 Å². The van der Waals surface area contributed by atoms with Gasteiger partial charge in [-0.05, 0) is 26.2 Å². The Morgan fingerprint density at radius 2 is 2.40 bits per heavy atom. The lowest BCUT2D eigenvalue weighted by Gasteiger charge is -2.22.